The summed E-state index contributed by atoms with van der Waals surface area (Å²) in [7, 11) is 1.95. The van der Waals surface area contributed by atoms with Crippen LogP contribution in [-0.2, 0) is 6.54 Å². The maximum Gasteiger partial charge on any atom is 0.261 e. The van der Waals surface area contributed by atoms with Crippen LogP contribution in [0.2, 0.25) is 0 Å². The quantitative estimate of drug-likeness (QED) is 0.790. The van der Waals surface area contributed by atoms with Crippen LogP contribution in [0.5, 0.6) is 0 Å². The van der Waals surface area contributed by atoms with Gasteiger partial charge in [-0.15, -0.1) is 0 Å². The fourth-order valence-electron chi connectivity index (χ4n) is 2.79. The molecule has 0 N–H and O–H groups in total. The Bertz CT molecular complexity index is 712. The van der Waals surface area contributed by atoms with Gasteiger partial charge >= 0.3 is 0 Å². The molecule has 0 spiro atoms. The third-order valence-electron chi connectivity index (χ3n) is 4.19. The van der Waals surface area contributed by atoms with Crippen LogP contribution in [0.25, 0.3) is 0 Å². The van der Waals surface area contributed by atoms with E-state index in [0.29, 0.717) is 30.8 Å². The van der Waals surface area contributed by atoms with E-state index in [2.05, 4.69) is 10.1 Å². The summed E-state index contributed by atoms with van der Waals surface area (Å²) in [5, 5.41) is 3.94. The second-order valence-electron chi connectivity index (χ2n) is 5.85. The lowest BCUT2D eigenvalue weighted by Gasteiger charge is -2.20. The highest BCUT2D eigenvalue weighted by Crippen LogP contribution is 2.22. The second kappa shape index (κ2) is 5.96. The largest absolute Gasteiger partial charge is 0.361 e. The summed E-state index contributed by atoms with van der Waals surface area (Å²) < 4.78 is 5.16. The van der Waals surface area contributed by atoms with Gasteiger partial charge in [-0.05, 0) is 33.0 Å². The molecule has 1 aromatic heterocycles. The Balaban J connectivity index is 1.63. The lowest BCUT2D eigenvalue weighted by atomic mass is 10.1. The van der Waals surface area contributed by atoms with Gasteiger partial charge in [0.25, 0.3) is 11.8 Å². The van der Waals surface area contributed by atoms with E-state index in [1.165, 1.54) is 4.90 Å². The average molecular weight is 313 g/mol. The zero-order chi connectivity index (χ0) is 16.6. The highest BCUT2D eigenvalue weighted by atomic mass is 16.5. The molecule has 0 aliphatic carbocycles. The minimum atomic E-state index is -0.212. The number of carbonyl (C=O) groups excluding carboxylic acids is 2. The maximum absolute atomic E-state index is 12.3. The van der Waals surface area contributed by atoms with Crippen LogP contribution in [0, 0.1) is 13.8 Å². The normalized spacial score (nSPS) is 14.0. The van der Waals surface area contributed by atoms with Crippen molar-refractivity contribution in [1.82, 2.24) is 15.0 Å². The summed E-state index contributed by atoms with van der Waals surface area (Å²) in [6, 6.07) is 6.94. The van der Waals surface area contributed by atoms with Crippen molar-refractivity contribution in [3.05, 3.63) is 52.4 Å². The summed E-state index contributed by atoms with van der Waals surface area (Å²) in [5.41, 5.74) is 2.90. The third kappa shape index (κ3) is 2.77. The molecule has 0 unspecified atom stereocenters. The van der Waals surface area contributed by atoms with E-state index in [-0.39, 0.29) is 11.8 Å². The van der Waals surface area contributed by atoms with Gasteiger partial charge in [0.2, 0.25) is 0 Å². The van der Waals surface area contributed by atoms with E-state index >= 15 is 0 Å². The average Bonchev–Trinajstić information content (AvgIpc) is 2.98. The van der Waals surface area contributed by atoms with Crippen molar-refractivity contribution in [1.29, 1.82) is 0 Å². The molecule has 0 bridgehead atoms. The van der Waals surface area contributed by atoms with Gasteiger partial charge in [0, 0.05) is 25.2 Å². The number of hydrogen-bond acceptors (Lipinski definition) is 5. The smallest absolute Gasteiger partial charge is 0.261 e. The first-order valence-corrected chi connectivity index (χ1v) is 7.54. The molecule has 0 fully saturated rings. The lowest BCUT2D eigenvalue weighted by Crippen LogP contribution is -2.36. The van der Waals surface area contributed by atoms with Crippen molar-refractivity contribution in [3.63, 3.8) is 0 Å². The van der Waals surface area contributed by atoms with Gasteiger partial charge in [-0.25, -0.2) is 0 Å². The molecule has 3 rings (SSSR count). The number of rotatable bonds is 5. The fourth-order valence-corrected chi connectivity index (χ4v) is 2.79. The minimum absolute atomic E-state index is 0.212. The summed E-state index contributed by atoms with van der Waals surface area (Å²) >= 11 is 0. The molecule has 0 saturated carbocycles. The lowest BCUT2D eigenvalue weighted by molar-refractivity contribution is 0.0640. The van der Waals surface area contributed by atoms with Crippen LogP contribution >= 0.6 is 0 Å². The number of imide groups is 1. The summed E-state index contributed by atoms with van der Waals surface area (Å²) in [4.78, 5) is 28.0. The number of carbonyl (C=O) groups is 2. The molecule has 1 aliphatic rings. The summed E-state index contributed by atoms with van der Waals surface area (Å²) in [5.74, 6) is 0.378. The number of likely N-dealkylation sites (N-methyl/N-ethyl adjacent to an activating group) is 1. The van der Waals surface area contributed by atoms with Crippen molar-refractivity contribution < 1.29 is 14.1 Å². The molecular formula is C17H19N3O3. The maximum atomic E-state index is 12.3. The number of amides is 2. The molecule has 2 heterocycles. The van der Waals surface area contributed by atoms with Gasteiger partial charge < -0.3 is 9.42 Å². The van der Waals surface area contributed by atoms with Gasteiger partial charge in [0.05, 0.1) is 16.8 Å². The van der Waals surface area contributed by atoms with E-state index in [9.17, 15) is 9.59 Å². The summed E-state index contributed by atoms with van der Waals surface area (Å²) in [6.45, 7) is 5.42. The molecule has 0 atom stereocenters. The van der Waals surface area contributed by atoms with Crippen LogP contribution in [0.15, 0.2) is 28.8 Å². The molecule has 2 amide bonds. The summed E-state index contributed by atoms with van der Waals surface area (Å²) in [6.07, 6.45) is 0. The molecule has 2 aromatic rings. The molecule has 0 saturated heterocycles. The molecule has 23 heavy (non-hydrogen) atoms. The zero-order valence-electron chi connectivity index (χ0n) is 13.5. The Hall–Kier alpha value is -2.47. The predicted octanol–water partition coefficient (Wildman–Crippen LogP) is 2.02. The van der Waals surface area contributed by atoms with Crippen LogP contribution in [0.4, 0.5) is 0 Å². The third-order valence-corrected chi connectivity index (χ3v) is 4.19. The molecule has 6 nitrogen and oxygen atoms in total. The topological polar surface area (TPSA) is 66.7 Å². The van der Waals surface area contributed by atoms with Gasteiger partial charge in [0.1, 0.15) is 5.76 Å². The Morgan fingerprint density at radius 3 is 2.26 bits per heavy atom. The molecule has 1 aromatic carbocycles. The molecule has 1 aliphatic heterocycles. The van der Waals surface area contributed by atoms with Gasteiger partial charge in [0.15, 0.2) is 0 Å². The monoisotopic (exact) mass is 313 g/mol. The standard InChI is InChI=1S/C17H19N3O3/c1-11-15(12(2)23-18-11)10-19(3)8-9-20-16(21)13-6-4-5-7-14(13)17(20)22/h4-7H,8-10H2,1-3H3. The van der Waals surface area contributed by atoms with Crippen LogP contribution < -0.4 is 0 Å². The number of aromatic nitrogens is 1. The van der Waals surface area contributed by atoms with E-state index < -0.39 is 0 Å². The number of nitrogens with zero attached hydrogens (tertiary/aromatic N) is 3. The number of aryl methyl sites for hydroxylation is 2. The number of hydrogen-bond donors (Lipinski definition) is 0. The van der Waals surface area contributed by atoms with E-state index in [4.69, 9.17) is 4.52 Å². The molecule has 120 valence electrons. The minimum Gasteiger partial charge on any atom is -0.361 e. The van der Waals surface area contributed by atoms with Gasteiger partial charge in [-0.3, -0.25) is 14.5 Å². The van der Waals surface area contributed by atoms with E-state index in [1.807, 2.05) is 20.9 Å². The van der Waals surface area contributed by atoms with Crippen molar-refractivity contribution in [2.75, 3.05) is 20.1 Å². The van der Waals surface area contributed by atoms with Crippen molar-refractivity contribution in [2.45, 2.75) is 20.4 Å². The van der Waals surface area contributed by atoms with Crippen LogP contribution in [0.1, 0.15) is 37.7 Å². The Morgan fingerprint density at radius 2 is 1.74 bits per heavy atom. The van der Waals surface area contributed by atoms with Crippen LogP contribution in [-0.4, -0.2) is 46.9 Å². The SMILES string of the molecule is Cc1noc(C)c1CN(C)CCN1C(=O)c2ccccc2C1=O. The number of benzene rings is 1. The first-order valence-electron chi connectivity index (χ1n) is 7.54. The highest BCUT2D eigenvalue weighted by molar-refractivity contribution is 6.21. The van der Waals surface area contributed by atoms with E-state index in [1.54, 1.807) is 24.3 Å². The van der Waals surface area contributed by atoms with E-state index in [0.717, 1.165) is 17.0 Å². The van der Waals surface area contributed by atoms with Crippen molar-refractivity contribution in [3.8, 4) is 0 Å². The Kier molecular flexibility index (Phi) is 4.00. The molecular weight excluding hydrogens is 294 g/mol. The highest BCUT2D eigenvalue weighted by Gasteiger charge is 2.34. The number of fused-ring (bicyclic) bond motifs is 1. The van der Waals surface area contributed by atoms with Crippen molar-refractivity contribution >= 4 is 11.8 Å². The molecule has 0 radical (unpaired) electrons. The predicted molar refractivity (Wildman–Crippen MR) is 84.1 cm³/mol. The Labute approximate surface area is 134 Å². The van der Waals surface area contributed by atoms with Crippen LogP contribution in [0.3, 0.4) is 0 Å². The fraction of sp³-hybridized carbons (Fsp3) is 0.353. The van der Waals surface area contributed by atoms with Gasteiger partial charge in [-0.2, -0.15) is 0 Å². The second-order valence-corrected chi connectivity index (χ2v) is 5.85. The van der Waals surface area contributed by atoms with Gasteiger partial charge in [-0.1, -0.05) is 17.3 Å². The Morgan fingerprint density at radius 1 is 1.13 bits per heavy atom. The van der Waals surface area contributed by atoms with Crippen molar-refractivity contribution in [2.24, 2.45) is 0 Å². The zero-order valence-corrected chi connectivity index (χ0v) is 13.5. The molecule has 6 heteroatoms. The first kappa shape index (κ1) is 15.4. The first-order chi connectivity index (χ1) is 11.0.